The van der Waals surface area contributed by atoms with Crippen molar-refractivity contribution in [2.24, 2.45) is 0 Å². The molecule has 19 heavy (non-hydrogen) atoms. The normalized spacial score (nSPS) is 9.89. The van der Waals surface area contributed by atoms with Crippen LogP contribution in [-0.2, 0) is 9.53 Å². The summed E-state index contributed by atoms with van der Waals surface area (Å²) in [5, 5.41) is 3.41. The van der Waals surface area contributed by atoms with Crippen LogP contribution in [0.4, 0.5) is 10.5 Å². The standard InChI is InChI=1S/C12H14Cl2N2O3/c1-3-19-11(17)7-16(2)12(18)15-10-5-8(13)4-9(14)6-10/h4-6H,3,7H2,1-2H3,(H,15,18). The summed E-state index contributed by atoms with van der Waals surface area (Å²) >= 11 is 11.6. The molecule has 0 fully saturated rings. The number of likely N-dealkylation sites (N-methyl/N-ethyl adjacent to an activating group) is 1. The van der Waals surface area contributed by atoms with Gasteiger partial charge in [0.15, 0.2) is 0 Å². The van der Waals surface area contributed by atoms with Crippen molar-refractivity contribution in [1.82, 2.24) is 4.90 Å². The maximum Gasteiger partial charge on any atom is 0.325 e. The van der Waals surface area contributed by atoms with Crippen LogP contribution in [-0.4, -0.2) is 37.1 Å². The maximum atomic E-state index is 11.8. The van der Waals surface area contributed by atoms with Gasteiger partial charge in [-0.05, 0) is 25.1 Å². The number of nitrogens with zero attached hydrogens (tertiary/aromatic N) is 1. The van der Waals surface area contributed by atoms with Gasteiger partial charge in [-0.3, -0.25) is 4.79 Å². The van der Waals surface area contributed by atoms with Crippen molar-refractivity contribution in [3.8, 4) is 0 Å². The van der Waals surface area contributed by atoms with E-state index < -0.39 is 12.0 Å². The monoisotopic (exact) mass is 304 g/mol. The van der Waals surface area contributed by atoms with Gasteiger partial charge < -0.3 is 15.0 Å². The number of urea groups is 1. The van der Waals surface area contributed by atoms with Crippen LogP contribution >= 0.6 is 23.2 Å². The summed E-state index contributed by atoms with van der Waals surface area (Å²) in [5.41, 5.74) is 0.457. The predicted octanol–water partition coefficient (Wildman–Crippen LogP) is 3.02. The molecule has 1 aromatic rings. The second kappa shape index (κ2) is 7.21. The van der Waals surface area contributed by atoms with Crippen LogP contribution in [0.2, 0.25) is 10.0 Å². The summed E-state index contributed by atoms with van der Waals surface area (Å²) in [6.45, 7) is 1.85. The molecule has 1 N–H and O–H groups in total. The Bertz CT molecular complexity index is 460. The summed E-state index contributed by atoms with van der Waals surface area (Å²) < 4.78 is 4.75. The quantitative estimate of drug-likeness (QED) is 0.870. The summed E-state index contributed by atoms with van der Waals surface area (Å²) in [6, 6.07) is 4.22. The molecule has 0 unspecified atom stereocenters. The average Bonchev–Trinajstić information content (AvgIpc) is 2.27. The zero-order valence-electron chi connectivity index (χ0n) is 10.6. The number of carbonyl (C=O) groups excluding carboxylic acids is 2. The third-order valence-corrected chi connectivity index (χ3v) is 2.57. The van der Waals surface area contributed by atoms with E-state index in [2.05, 4.69) is 5.32 Å². The van der Waals surface area contributed by atoms with Crippen LogP contribution in [0.3, 0.4) is 0 Å². The number of hydrogen-bond acceptors (Lipinski definition) is 3. The van der Waals surface area contributed by atoms with E-state index in [-0.39, 0.29) is 13.2 Å². The molecule has 0 aliphatic heterocycles. The molecule has 0 saturated carbocycles. The molecule has 0 saturated heterocycles. The van der Waals surface area contributed by atoms with E-state index in [9.17, 15) is 9.59 Å². The van der Waals surface area contributed by atoms with Crippen molar-refractivity contribution in [2.45, 2.75) is 6.92 Å². The van der Waals surface area contributed by atoms with Crippen molar-refractivity contribution in [3.05, 3.63) is 28.2 Å². The highest BCUT2D eigenvalue weighted by molar-refractivity contribution is 6.35. The first kappa shape index (κ1) is 15.6. The molecule has 1 rings (SSSR count). The second-order valence-corrected chi connectivity index (χ2v) is 4.62. The van der Waals surface area contributed by atoms with E-state index in [1.807, 2.05) is 0 Å². The Hall–Kier alpha value is -1.46. The number of ether oxygens (including phenoxy) is 1. The van der Waals surface area contributed by atoms with E-state index in [1.54, 1.807) is 25.1 Å². The molecule has 2 amide bonds. The number of esters is 1. The highest BCUT2D eigenvalue weighted by Gasteiger charge is 2.13. The van der Waals surface area contributed by atoms with Crippen LogP contribution in [0.25, 0.3) is 0 Å². The van der Waals surface area contributed by atoms with Gasteiger partial charge in [-0.1, -0.05) is 23.2 Å². The number of carbonyl (C=O) groups is 2. The van der Waals surface area contributed by atoms with Gasteiger partial charge in [0.1, 0.15) is 6.54 Å². The van der Waals surface area contributed by atoms with Crippen LogP contribution < -0.4 is 5.32 Å². The number of nitrogens with one attached hydrogen (secondary N) is 1. The highest BCUT2D eigenvalue weighted by atomic mass is 35.5. The van der Waals surface area contributed by atoms with Gasteiger partial charge in [-0.2, -0.15) is 0 Å². The van der Waals surface area contributed by atoms with Crippen LogP contribution in [0.1, 0.15) is 6.92 Å². The lowest BCUT2D eigenvalue weighted by atomic mass is 10.3. The Labute approximate surface area is 121 Å². The van der Waals surface area contributed by atoms with Crippen molar-refractivity contribution in [3.63, 3.8) is 0 Å². The van der Waals surface area contributed by atoms with Gasteiger partial charge in [0, 0.05) is 22.8 Å². The fraction of sp³-hybridized carbons (Fsp3) is 0.333. The number of benzene rings is 1. The number of rotatable bonds is 4. The van der Waals surface area contributed by atoms with Crippen molar-refractivity contribution < 1.29 is 14.3 Å². The highest BCUT2D eigenvalue weighted by Crippen LogP contribution is 2.22. The number of amides is 2. The van der Waals surface area contributed by atoms with Crippen LogP contribution in [0.15, 0.2) is 18.2 Å². The lowest BCUT2D eigenvalue weighted by Crippen LogP contribution is -2.36. The first-order valence-electron chi connectivity index (χ1n) is 5.56. The number of hydrogen-bond donors (Lipinski definition) is 1. The molecule has 0 bridgehead atoms. The Morgan fingerprint density at radius 2 is 1.84 bits per heavy atom. The van der Waals surface area contributed by atoms with E-state index in [0.29, 0.717) is 15.7 Å². The van der Waals surface area contributed by atoms with E-state index in [1.165, 1.54) is 11.9 Å². The van der Waals surface area contributed by atoms with Gasteiger partial charge in [0.05, 0.1) is 6.61 Å². The van der Waals surface area contributed by atoms with Crippen LogP contribution in [0.5, 0.6) is 0 Å². The minimum absolute atomic E-state index is 0.131. The fourth-order valence-corrected chi connectivity index (χ4v) is 1.84. The lowest BCUT2D eigenvalue weighted by Gasteiger charge is -2.17. The topological polar surface area (TPSA) is 58.6 Å². The molecule has 0 atom stereocenters. The van der Waals surface area contributed by atoms with Gasteiger partial charge >= 0.3 is 12.0 Å². The smallest absolute Gasteiger partial charge is 0.325 e. The van der Waals surface area contributed by atoms with Crippen molar-refractivity contribution in [2.75, 3.05) is 25.5 Å². The molecule has 0 heterocycles. The van der Waals surface area contributed by atoms with Crippen molar-refractivity contribution in [1.29, 1.82) is 0 Å². The van der Waals surface area contributed by atoms with E-state index in [0.717, 1.165) is 0 Å². The van der Waals surface area contributed by atoms with E-state index in [4.69, 9.17) is 27.9 Å². The van der Waals surface area contributed by atoms with Gasteiger partial charge in [0.25, 0.3) is 0 Å². The molecule has 5 nitrogen and oxygen atoms in total. The first-order valence-corrected chi connectivity index (χ1v) is 6.31. The Morgan fingerprint density at radius 3 is 2.37 bits per heavy atom. The maximum absolute atomic E-state index is 11.8. The minimum Gasteiger partial charge on any atom is -0.465 e. The Kier molecular flexibility index (Phi) is 5.92. The number of anilines is 1. The summed E-state index contributed by atoms with van der Waals surface area (Å²) in [6.07, 6.45) is 0. The number of halogens is 2. The molecule has 0 aliphatic rings. The molecule has 0 aliphatic carbocycles. The molecule has 0 radical (unpaired) electrons. The third-order valence-electron chi connectivity index (χ3n) is 2.13. The van der Waals surface area contributed by atoms with Gasteiger partial charge in [-0.25, -0.2) is 4.79 Å². The molecule has 1 aromatic carbocycles. The van der Waals surface area contributed by atoms with E-state index >= 15 is 0 Å². The fourth-order valence-electron chi connectivity index (χ4n) is 1.32. The van der Waals surface area contributed by atoms with Crippen molar-refractivity contribution >= 4 is 40.9 Å². The largest absolute Gasteiger partial charge is 0.465 e. The van der Waals surface area contributed by atoms with Crippen LogP contribution in [0, 0.1) is 0 Å². The first-order chi connectivity index (χ1) is 8.92. The lowest BCUT2D eigenvalue weighted by molar-refractivity contribution is -0.143. The molecule has 0 aromatic heterocycles. The third kappa shape index (κ3) is 5.36. The SMILES string of the molecule is CCOC(=O)CN(C)C(=O)Nc1cc(Cl)cc(Cl)c1. The molecule has 7 heteroatoms. The predicted molar refractivity (Wildman–Crippen MR) is 74.7 cm³/mol. The Balaban J connectivity index is 2.61. The zero-order valence-corrected chi connectivity index (χ0v) is 12.1. The Morgan fingerprint density at radius 1 is 1.26 bits per heavy atom. The molecule has 0 spiro atoms. The molecular formula is C12H14Cl2N2O3. The summed E-state index contributed by atoms with van der Waals surface area (Å²) in [7, 11) is 1.48. The summed E-state index contributed by atoms with van der Waals surface area (Å²) in [5.74, 6) is -0.468. The molecule has 104 valence electrons. The zero-order chi connectivity index (χ0) is 14.4. The molecular weight excluding hydrogens is 291 g/mol. The van der Waals surface area contributed by atoms with Gasteiger partial charge in [0.2, 0.25) is 0 Å². The second-order valence-electron chi connectivity index (χ2n) is 3.75. The summed E-state index contributed by atoms with van der Waals surface area (Å²) in [4.78, 5) is 24.2. The average molecular weight is 305 g/mol. The minimum atomic E-state index is -0.468. The van der Waals surface area contributed by atoms with Gasteiger partial charge in [-0.15, -0.1) is 0 Å².